The molecule has 2 heteroatoms. The van der Waals surface area contributed by atoms with E-state index in [2.05, 4.69) is 12.1 Å². The molecule has 1 atom stereocenters. The van der Waals surface area contributed by atoms with Gasteiger partial charge in [-0.25, -0.2) is 0 Å². The van der Waals surface area contributed by atoms with Gasteiger partial charge in [-0.05, 0) is 37.8 Å². The van der Waals surface area contributed by atoms with E-state index < -0.39 is 11.4 Å². The van der Waals surface area contributed by atoms with Crippen LogP contribution in [0.1, 0.15) is 23.6 Å². The fraction of sp³-hybridized carbons (Fsp3) is 0.417. The summed E-state index contributed by atoms with van der Waals surface area (Å²) in [5, 5.41) is 9.11. The predicted octanol–water partition coefficient (Wildman–Crippen LogP) is 2.18. The Morgan fingerprint density at radius 3 is 2.64 bits per heavy atom. The maximum Gasteiger partial charge on any atom is 0.310 e. The largest absolute Gasteiger partial charge is 0.481 e. The van der Waals surface area contributed by atoms with Crippen LogP contribution < -0.4 is 0 Å². The van der Waals surface area contributed by atoms with Crippen molar-refractivity contribution in [3.63, 3.8) is 0 Å². The van der Waals surface area contributed by atoms with Gasteiger partial charge in [-0.3, -0.25) is 4.79 Å². The van der Waals surface area contributed by atoms with Crippen LogP contribution in [0.25, 0.3) is 0 Å². The van der Waals surface area contributed by atoms with Gasteiger partial charge in [-0.1, -0.05) is 23.8 Å². The van der Waals surface area contributed by atoms with Crippen LogP contribution in [0, 0.1) is 12.3 Å². The Morgan fingerprint density at radius 2 is 2.00 bits per heavy atom. The molecule has 1 N–H and O–H groups in total. The highest BCUT2D eigenvalue weighted by Gasteiger charge is 2.39. The molecule has 0 bridgehead atoms. The molecule has 0 spiro atoms. The summed E-state index contributed by atoms with van der Waals surface area (Å²) < 4.78 is 0. The normalized spacial score (nSPS) is 24.7. The van der Waals surface area contributed by atoms with Crippen molar-refractivity contribution < 1.29 is 9.90 Å². The zero-order valence-electron chi connectivity index (χ0n) is 8.50. The van der Waals surface area contributed by atoms with Gasteiger partial charge in [0, 0.05) is 0 Å². The van der Waals surface area contributed by atoms with Gasteiger partial charge >= 0.3 is 5.97 Å². The smallest absolute Gasteiger partial charge is 0.310 e. The van der Waals surface area contributed by atoms with E-state index in [1.54, 1.807) is 0 Å². The number of hydrogen-bond donors (Lipinski definition) is 1. The Morgan fingerprint density at radius 1 is 1.36 bits per heavy atom. The highest BCUT2D eigenvalue weighted by Crippen LogP contribution is 2.37. The average molecular weight is 190 g/mol. The van der Waals surface area contributed by atoms with Gasteiger partial charge in [-0.2, -0.15) is 0 Å². The number of aliphatic carboxylic acids is 1. The van der Waals surface area contributed by atoms with Crippen LogP contribution in [0.5, 0.6) is 0 Å². The molecule has 14 heavy (non-hydrogen) atoms. The Balaban J connectivity index is 2.39. The van der Waals surface area contributed by atoms with Gasteiger partial charge < -0.3 is 5.11 Å². The fourth-order valence-electron chi connectivity index (χ4n) is 2.15. The fourth-order valence-corrected chi connectivity index (χ4v) is 2.15. The van der Waals surface area contributed by atoms with Crippen molar-refractivity contribution in [3.8, 4) is 0 Å². The Labute approximate surface area is 83.6 Å². The number of carboxylic acids is 1. The van der Waals surface area contributed by atoms with Crippen LogP contribution in [0.2, 0.25) is 0 Å². The molecule has 74 valence electrons. The number of aryl methyl sites for hydroxylation is 1. The molecule has 0 fully saturated rings. The van der Waals surface area contributed by atoms with E-state index in [0.29, 0.717) is 12.8 Å². The Bertz CT molecular complexity index is 395. The number of rotatable bonds is 1. The van der Waals surface area contributed by atoms with E-state index in [-0.39, 0.29) is 0 Å². The van der Waals surface area contributed by atoms with E-state index in [4.69, 9.17) is 5.11 Å². The average Bonchev–Trinajstić information content (AvgIpc) is 2.42. The summed E-state index contributed by atoms with van der Waals surface area (Å²) in [7, 11) is 0. The number of benzene rings is 1. The summed E-state index contributed by atoms with van der Waals surface area (Å²) in [5.41, 5.74) is 3.02. The molecule has 0 saturated carbocycles. The maximum atomic E-state index is 11.1. The predicted molar refractivity (Wildman–Crippen MR) is 54.3 cm³/mol. The van der Waals surface area contributed by atoms with E-state index in [9.17, 15) is 4.79 Å². The van der Waals surface area contributed by atoms with Gasteiger partial charge in [0.15, 0.2) is 0 Å². The second-order valence-corrected chi connectivity index (χ2v) is 4.49. The zero-order valence-corrected chi connectivity index (χ0v) is 8.50. The third-order valence-corrected chi connectivity index (χ3v) is 3.04. The summed E-state index contributed by atoms with van der Waals surface area (Å²) in [6.45, 7) is 3.86. The second kappa shape index (κ2) is 2.84. The summed E-state index contributed by atoms with van der Waals surface area (Å²) in [4.78, 5) is 11.1. The molecule has 1 aromatic rings. The van der Waals surface area contributed by atoms with Crippen LogP contribution in [0.4, 0.5) is 0 Å². The molecule has 0 heterocycles. The van der Waals surface area contributed by atoms with Gasteiger partial charge in [0.25, 0.3) is 0 Å². The molecule has 0 aliphatic heterocycles. The maximum absolute atomic E-state index is 11.1. The molecule has 0 saturated heterocycles. The van der Waals surface area contributed by atoms with E-state index >= 15 is 0 Å². The first-order valence-electron chi connectivity index (χ1n) is 4.83. The number of carbonyl (C=O) groups is 1. The first-order chi connectivity index (χ1) is 6.51. The lowest BCUT2D eigenvalue weighted by atomic mass is 9.88. The Kier molecular flexibility index (Phi) is 1.88. The minimum absolute atomic E-state index is 0.587. The number of fused-ring (bicyclic) bond motifs is 1. The van der Waals surface area contributed by atoms with Crippen LogP contribution in [-0.2, 0) is 17.6 Å². The van der Waals surface area contributed by atoms with Crippen LogP contribution >= 0.6 is 0 Å². The summed E-state index contributed by atoms with van der Waals surface area (Å²) in [6, 6.07) is 6.20. The summed E-state index contributed by atoms with van der Waals surface area (Å²) in [6.07, 6.45) is 1.33. The molecule has 2 nitrogen and oxygen atoms in total. The third-order valence-electron chi connectivity index (χ3n) is 3.04. The highest BCUT2D eigenvalue weighted by molar-refractivity contribution is 5.76. The molecule has 0 amide bonds. The van der Waals surface area contributed by atoms with E-state index in [1.165, 1.54) is 16.7 Å². The molecule has 1 aliphatic carbocycles. The lowest BCUT2D eigenvalue weighted by Crippen LogP contribution is -2.27. The van der Waals surface area contributed by atoms with Gasteiger partial charge in [0.2, 0.25) is 0 Å². The van der Waals surface area contributed by atoms with Crippen molar-refractivity contribution in [3.05, 3.63) is 34.9 Å². The van der Waals surface area contributed by atoms with Crippen molar-refractivity contribution in [1.29, 1.82) is 0 Å². The Hall–Kier alpha value is -1.31. The first-order valence-corrected chi connectivity index (χ1v) is 4.83. The minimum Gasteiger partial charge on any atom is -0.481 e. The van der Waals surface area contributed by atoms with Gasteiger partial charge in [0.05, 0.1) is 5.41 Å². The van der Waals surface area contributed by atoms with E-state index in [1.807, 2.05) is 19.9 Å². The van der Waals surface area contributed by atoms with Crippen LogP contribution in [0.3, 0.4) is 0 Å². The number of carboxylic acid groups (broad SMARTS) is 1. The molecule has 2 rings (SSSR count). The molecular weight excluding hydrogens is 176 g/mol. The van der Waals surface area contributed by atoms with E-state index in [0.717, 1.165) is 0 Å². The molecule has 1 aliphatic rings. The van der Waals surface area contributed by atoms with Crippen molar-refractivity contribution >= 4 is 5.97 Å². The molecule has 1 unspecified atom stereocenters. The third kappa shape index (κ3) is 1.31. The van der Waals surface area contributed by atoms with Crippen molar-refractivity contribution in [2.75, 3.05) is 0 Å². The van der Waals surface area contributed by atoms with Crippen molar-refractivity contribution in [2.45, 2.75) is 26.7 Å². The molecular formula is C12H14O2. The van der Waals surface area contributed by atoms with Crippen LogP contribution in [0.15, 0.2) is 18.2 Å². The molecule has 0 aromatic heterocycles. The SMILES string of the molecule is Cc1ccc2c(c1)CC(C)(C(=O)O)C2. The van der Waals surface area contributed by atoms with Crippen molar-refractivity contribution in [1.82, 2.24) is 0 Å². The quantitative estimate of drug-likeness (QED) is 0.737. The lowest BCUT2D eigenvalue weighted by Gasteiger charge is -2.16. The zero-order chi connectivity index (χ0) is 10.3. The first kappa shape index (κ1) is 9.25. The van der Waals surface area contributed by atoms with Gasteiger partial charge in [0.1, 0.15) is 0 Å². The number of hydrogen-bond acceptors (Lipinski definition) is 1. The monoisotopic (exact) mass is 190 g/mol. The topological polar surface area (TPSA) is 37.3 Å². The molecule has 0 radical (unpaired) electrons. The second-order valence-electron chi connectivity index (χ2n) is 4.49. The summed E-state index contributed by atoms with van der Waals surface area (Å²) in [5.74, 6) is -0.689. The molecule has 1 aromatic carbocycles. The van der Waals surface area contributed by atoms with Crippen LogP contribution in [-0.4, -0.2) is 11.1 Å². The van der Waals surface area contributed by atoms with Gasteiger partial charge in [-0.15, -0.1) is 0 Å². The summed E-state index contributed by atoms with van der Waals surface area (Å²) >= 11 is 0. The highest BCUT2D eigenvalue weighted by atomic mass is 16.4. The van der Waals surface area contributed by atoms with Crippen molar-refractivity contribution in [2.24, 2.45) is 5.41 Å². The lowest BCUT2D eigenvalue weighted by molar-refractivity contribution is -0.147. The standard InChI is InChI=1S/C12H14O2/c1-8-3-4-9-6-12(2,11(13)14)7-10(9)5-8/h3-5H,6-7H2,1-2H3,(H,13,14). The minimum atomic E-state index is -0.689.